The molecule has 0 aromatic heterocycles. The molecule has 1 rings (SSSR count). The van der Waals surface area contributed by atoms with E-state index in [-0.39, 0.29) is 0 Å². The average molecular weight is 311 g/mol. The first-order valence-electron chi connectivity index (χ1n) is 6.01. The Hall–Kier alpha value is -2.72. The number of hydrogen-bond acceptors (Lipinski definition) is 3. The van der Waals surface area contributed by atoms with Gasteiger partial charge in [0.2, 0.25) is 0 Å². The summed E-state index contributed by atoms with van der Waals surface area (Å²) < 4.78 is 25.7. The standard InChI is InChI=1S/C13H13F2N.C2H2O4/c1-4-7-16(3)9-10(2)11-5-6-12(14)13(15)8-11;3-1(4)2(5)6/h1,5-6,8H,2,7,9H2,3H3;(H,3,4)(H,5,6). The first-order valence-corrected chi connectivity index (χ1v) is 6.01. The van der Waals surface area contributed by atoms with Crippen LogP contribution in [-0.2, 0) is 9.59 Å². The van der Waals surface area contributed by atoms with Crippen molar-refractivity contribution in [3.8, 4) is 12.3 Å². The summed E-state index contributed by atoms with van der Waals surface area (Å²) in [5, 5.41) is 16.3. The van der Waals surface area contributed by atoms with Crippen molar-refractivity contribution in [3.63, 3.8) is 0 Å². The zero-order chi connectivity index (χ0) is 17.3. The van der Waals surface area contributed by atoms with E-state index in [1.807, 2.05) is 7.05 Å². The van der Waals surface area contributed by atoms with Gasteiger partial charge in [0.15, 0.2) is 17.6 Å². The molecule has 0 bridgehead atoms. The monoisotopic (exact) mass is 311 g/mol. The predicted octanol–water partition coefficient (Wildman–Crippen LogP) is -1.05. The minimum absolute atomic E-state index is 0.572. The van der Waals surface area contributed by atoms with Gasteiger partial charge in [0.1, 0.15) is 13.1 Å². The predicted molar refractivity (Wildman–Crippen MR) is 73.5 cm³/mol. The molecule has 0 amide bonds. The average Bonchev–Trinajstić information content (AvgIpc) is 2.42. The highest BCUT2D eigenvalue weighted by molar-refractivity contribution is 6.26. The Balaban J connectivity index is 0.000000626. The summed E-state index contributed by atoms with van der Waals surface area (Å²) in [5.41, 5.74) is 1.35. The summed E-state index contributed by atoms with van der Waals surface area (Å²) in [4.78, 5) is 19.1. The molecule has 0 radical (unpaired) electrons. The smallest absolute Gasteiger partial charge is 0.351 e. The van der Waals surface area contributed by atoms with Crippen molar-refractivity contribution in [2.75, 3.05) is 20.1 Å². The van der Waals surface area contributed by atoms with Crippen LogP contribution in [0.4, 0.5) is 8.78 Å². The first-order chi connectivity index (χ1) is 10.2. The third kappa shape index (κ3) is 7.17. The Labute approximate surface area is 126 Å². The van der Waals surface area contributed by atoms with E-state index in [9.17, 15) is 8.78 Å². The maximum atomic E-state index is 13.0. The molecule has 0 saturated carbocycles. The summed E-state index contributed by atoms with van der Waals surface area (Å²) >= 11 is 0. The lowest BCUT2D eigenvalue weighted by Gasteiger charge is -2.12. The fraction of sp³-hybridized carbons (Fsp3) is 0.200. The van der Waals surface area contributed by atoms with Gasteiger partial charge in [-0.15, -0.1) is 6.42 Å². The number of carbonyl (C=O) groups is 2. The molecule has 22 heavy (non-hydrogen) atoms. The third-order valence-electron chi connectivity index (χ3n) is 2.42. The lowest BCUT2D eigenvalue weighted by atomic mass is 10.1. The van der Waals surface area contributed by atoms with Crippen LogP contribution in [-0.4, -0.2) is 37.2 Å². The fourth-order valence-electron chi connectivity index (χ4n) is 1.42. The van der Waals surface area contributed by atoms with Gasteiger partial charge >= 0.3 is 5.97 Å². The summed E-state index contributed by atoms with van der Waals surface area (Å²) in [6.45, 7) is 5.02. The Kier molecular flexibility index (Phi) is 8.11. The van der Waals surface area contributed by atoms with Crippen LogP contribution < -0.4 is 10.0 Å². The molecule has 0 aliphatic heterocycles. The van der Waals surface area contributed by atoms with Crippen molar-refractivity contribution in [2.45, 2.75) is 0 Å². The number of quaternary nitrogens is 1. The van der Waals surface area contributed by atoms with E-state index in [4.69, 9.17) is 26.2 Å². The number of likely N-dealkylation sites (N-methyl/N-ethyl adjacent to an activating group) is 1. The van der Waals surface area contributed by atoms with E-state index in [1.165, 1.54) is 6.07 Å². The summed E-state index contributed by atoms with van der Waals surface area (Å²) in [5.74, 6) is -3.18. The molecular weight excluding hydrogens is 296 g/mol. The Morgan fingerprint density at radius 2 is 1.95 bits per heavy atom. The van der Waals surface area contributed by atoms with Crippen LogP contribution in [0.2, 0.25) is 0 Å². The maximum absolute atomic E-state index is 13.0. The van der Waals surface area contributed by atoms with Gasteiger partial charge in [-0.1, -0.05) is 12.6 Å². The van der Waals surface area contributed by atoms with Crippen LogP contribution in [0.25, 0.3) is 5.57 Å². The molecule has 1 aromatic rings. The number of benzene rings is 1. The number of halogens is 2. The second-order valence-corrected chi connectivity index (χ2v) is 4.34. The van der Waals surface area contributed by atoms with Gasteiger partial charge in [-0.25, -0.2) is 13.6 Å². The van der Waals surface area contributed by atoms with Crippen LogP contribution >= 0.6 is 0 Å². The van der Waals surface area contributed by atoms with Gasteiger partial charge in [0.25, 0.3) is 0 Å². The fourth-order valence-corrected chi connectivity index (χ4v) is 1.42. The molecule has 0 fully saturated rings. The molecular formula is C15H15F2NO4. The molecule has 7 heteroatoms. The summed E-state index contributed by atoms with van der Waals surface area (Å²) in [7, 11) is 1.92. The normalized spacial score (nSPS) is 10.6. The minimum atomic E-state index is -2.07. The number of hydrogen-bond donors (Lipinski definition) is 2. The molecule has 5 nitrogen and oxygen atoms in total. The highest BCUT2D eigenvalue weighted by atomic mass is 19.2. The lowest BCUT2D eigenvalue weighted by Crippen LogP contribution is -3.08. The maximum Gasteiger partial charge on any atom is 0.351 e. The van der Waals surface area contributed by atoms with Gasteiger partial charge < -0.3 is 19.9 Å². The summed E-state index contributed by atoms with van der Waals surface area (Å²) in [6, 6.07) is 3.77. The van der Waals surface area contributed by atoms with Crippen LogP contribution in [0.1, 0.15) is 5.56 Å². The second-order valence-electron chi connectivity index (χ2n) is 4.34. The van der Waals surface area contributed by atoms with Crippen LogP contribution in [0.3, 0.4) is 0 Å². The van der Waals surface area contributed by atoms with E-state index in [0.29, 0.717) is 18.7 Å². The van der Waals surface area contributed by atoms with Crippen molar-refractivity contribution < 1.29 is 33.5 Å². The van der Waals surface area contributed by atoms with Crippen molar-refractivity contribution >= 4 is 17.5 Å². The largest absolute Gasteiger partial charge is 0.539 e. The number of terminal acetylenes is 1. The van der Waals surface area contributed by atoms with E-state index < -0.39 is 23.6 Å². The Morgan fingerprint density at radius 1 is 1.41 bits per heavy atom. The minimum Gasteiger partial charge on any atom is -0.539 e. The molecule has 0 aliphatic carbocycles. The van der Waals surface area contributed by atoms with Crippen LogP contribution in [0.5, 0.6) is 0 Å². The molecule has 0 heterocycles. The highest BCUT2D eigenvalue weighted by Crippen LogP contribution is 2.14. The van der Waals surface area contributed by atoms with E-state index in [0.717, 1.165) is 22.6 Å². The molecule has 0 aliphatic rings. The summed E-state index contributed by atoms with van der Waals surface area (Å²) in [6.07, 6.45) is 5.18. The van der Waals surface area contributed by atoms with Gasteiger partial charge in [-0.2, -0.15) is 0 Å². The van der Waals surface area contributed by atoms with E-state index >= 15 is 0 Å². The van der Waals surface area contributed by atoms with Crippen LogP contribution in [0.15, 0.2) is 24.8 Å². The number of carboxylic acids is 2. The van der Waals surface area contributed by atoms with Crippen molar-refractivity contribution in [2.24, 2.45) is 0 Å². The zero-order valence-corrected chi connectivity index (χ0v) is 11.9. The highest BCUT2D eigenvalue weighted by Gasteiger charge is 2.08. The second kappa shape index (κ2) is 9.26. The Bertz CT molecular complexity index is 596. The molecule has 0 saturated heterocycles. The molecule has 0 spiro atoms. The Morgan fingerprint density at radius 3 is 2.36 bits per heavy atom. The van der Waals surface area contributed by atoms with Crippen LogP contribution in [0, 0.1) is 24.0 Å². The molecule has 1 aromatic carbocycles. The number of carboxylic acid groups (broad SMARTS) is 2. The first kappa shape index (κ1) is 19.3. The van der Waals surface area contributed by atoms with Crippen molar-refractivity contribution in [3.05, 3.63) is 42.0 Å². The van der Waals surface area contributed by atoms with E-state index in [1.54, 1.807) is 0 Å². The topological polar surface area (TPSA) is 81.9 Å². The molecule has 1 unspecified atom stereocenters. The number of aliphatic carboxylic acids is 2. The van der Waals surface area contributed by atoms with Crippen molar-refractivity contribution in [1.29, 1.82) is 0 Å². The zero-order valence-electron chi connectivity index (χ0n) is 11.9. The number of carbonyl (C=O) groups excluding carboxylic acids is 1. The van der Waals surface area contributed by atoms with Crippen molar-refractivity contribution in [1.82, 2.24) is 0 Å². The number of rotatable bonds is 4. The quantitative estimate of drug-likeness (QED) is 0.549. The number of nitrogens with one attached hydrogen (secondary N) is 1. The SMILES string of the molecule is C#CC[NH+](C)CC(=C)c1ccc(F)c(F)c1.O=C([O-])C(=O)O. The van der Waals surface area contributed by atoms with Gasteiger partial charge in [0, 0.05) is 5.57 Å². The van der Waals surface area contributed by atoms with Gasteiger partial charge in [-0.3, -0.25) is 0 Å². The lowest BCUT2D eigenvalue weighted by molar-refractivity contribution is -0.863. The molecule has 2 N–H and O–H groups in total. The molecule has 1 atom stereocenters. The van der Waals surface area contributed by atoms with Gasteiger partial charge in [-0.05, 0) is 23.6 Å². The van der Waals surface area contributed by atoms with E-state index in [2.05, 4.69) is 12.5 Å². The molecule has 118 valence electrons. The third-order valence-corrected chi connectivity index (χ3v) is 2.42. The van der Waals surface area contributed by atoms with Gasteiger partial charge in [0.05, 0.1) is 7.05 Å².